The third kappa shape index (κ3) is 3.06. The van der Waals surface area contributed by atoms with Crippen LogP contribution in [0.15, 0.2) is 35.3 Å². The molecule has 2 fully saturated rings. The van der Waals surface area contributed by atoms with Gasteiger partial charge in [-0.15, -0.1) is 0 Å². The standard InChI is InChI=1S/C17H20N4O2/c22-17(21-14-6-11-1-2-13(14)5-11)20-8-12-3-4-19-15(7-12)16-9-18-10-23-16/h3-4,7,9-11,13-14H,1-2,5-6,8H2,(H2,20,21,22)/t11-,13+,14+/m0/s1. The molecule has 0 unspecified atom stereocenters. The number of amides is 2. The minimum atomic E-state index is -0.0828. The number of urea groups is 1. The second kappa shape index (κ2) is 6.02. The van der Waals surface area contributed by atoms with Crippen molar-refractivity contribution in [3.63, 3.8) is 0 Å². The van der Waals surface area contributed by atoms with Crippen LogP contribution in [0.1, 0.15) is 31.2 Å². The average molecular weight is 312 g/mol. The fraction of sp³-hybridized carbons (Fsp3) is 0.471. The molecular weight excluding hydrogens is 292 g/mol. The first-order valence-corrected chi connectivity index (χ1v) is 8.16. The maximum absolute atomic E-state index is 12.1. The summed E-state index contributed by atoms with van der Waals surface area (Å²) in [5.41, 5.74) is 1.70. The zero-order valence-electron chi connectivity index (χ0n) is 12.9. The molecule has 2 aromatic heterocycles. The van der Waals surface area contributed by atoms with Crippen LogP contribution < -0.4 is 10.6 Å². The van der Waals surface area contributed by atoms with Crippen molar-refractivity contribution in [2.45, 2.75) is 38.3 Å². The molecule has 0 radical (unpaired) electrons. The molecule has 2 aliphatic rings. The summed E-state index contributed by atoms with van der Waals surface area (Å²) in [4.78, 5) is 20.2. The van der Waals surface area contributed by atoms with E-state index in [2.05, 4.69) is 20.6 Å². The van der Waals surface area contributed by atoms with Gasteiger partial charge in [0.25, 0.3) is 0 Å². The van der Waals surface area contributed by atoms with Crippen molar-refractivity contribution in [3.05, 3.63) is 36.5 Å². The zero-order chi connectivity index (χ0) is 15.6. The maximum Gasteiger partial charge on any atom is 0.315 e. The van der Waals surface area contributed by atoms with Crippen molar-refractivity contribution < 1.29 is 9.21 Å². The van der Waals surface area contributed by atoms with Crippen LogP contribution in [0.2, 0.25) is 0 Å². The van der Waals surface area contributed by atoms with Gasteiger partial charge in [-0.2, -0.15) is 0 Å². The highest BCUT2D eigenvalue weighted by atomic mass is 16.3. The van der Waals surface area contributed by atoms with Gasteiger partial charge in [0.15, 0.2) is 12.2 Å². The van der Waals surface area contributed by atoms with Crippen molar-refractivity contribution in [1.29, 1.82) is 0 Å². The summed E-state index contributed by atoms with van der Waals surface area (Å²) in [6.45, 7) is 0.469. The van der Waals surface area contributed by atoms with E-state index in [0.29, 0.717) is 24.3 Å². The Morgan fingerprint density at radius 1 is 1.35 bits per heavy atom. The van der Waals surface area contributed by atoms with Crippen LogP contribution in [0.3, 0.4) is 0 Å². The third-order valence-electron chi connectivity index (χ3n) is 5.02. The number of hydrogen-bond acceptors (Lipinski definition) is 4. The summed E-state index contributed by atoms with van der Waals surface area (Å²) < 4.78 is 5.24. The minimum absolute atomic E-state index is 0.0828. The molecule has 0 aliphatic heterocycles. The Morgan fingerprint density at radius 3 is 3.04 bits per heavy atom. The number of nitrogens with one attached hydrogen (secondary N) is 2. The summed E-state index contributed by atoms with van der Waals surface area (Å²) in [6, 6.07) is 4.06. The van der Waals surface area contributed by atoms with Crippen LogP contribution in [0, 0.1) is 11.8 Å². The first kappa shape index (κ1) is 14.2. The predicted molar refractivity (Wildman–Crippen MR) is 84.3 cm³/mol. The summed E-state index contributed by atoms with van der Waals surface area (Å²) in [6.07, 6.45) is 9.75. The smallest absolute Gasteiger partial charge is 0.315 e. The second-order valence-corrected chi connectivity index (χ2v) is 6.52. The summed E-state index contributed by atoms with van der Waals surface area (Å²) in [5.74, 6) is 2.14. The average Bonchev–Trinajstić information content (AvgIpc) is 3.30. The lowest BCUT2D eigenvalue weighted by molar-refractivity contribution is 0.230. The highest BCUT2D eigenvalue weighted by Crippen LogP contribution is 2.44. The Kier molecular flexibility index (Phi) is 3.73. The molecule has 2 N–H and O–H groups in total. The van der Waals surface area contributed by atoms with Crippen molar-refractivity contribution in [3.8, 4) is 11.5 Å². The quantitative estimate of drug-likeness (QED) is 0.909. The van der Waals surface area contributed by atoms with Crippen LogP contribution in [-0.4, -0.2) is 22.0 Å². The third-order valence-corrected chi connectivity index (χ3v) is 5.02. The Balaban J connectivity index is 1.32. The first-order valence-electron chi connectivity index (χ1n) is 8.16. The lowest BCUT2D eigenvalue weighted by Gasteiger charge is -2.23. The van der Waals surface area contributed by atoms with Gasteiger partial charge in [0.1, 0.15) is 5.69 Å². The number of hydrogen-bond donors (Lipinski definition) is 2. The number of carbonyl (C=O) groups is 1. The largest absolute Gasteiger partial charge is 0.442 e. The van der Waals surface area contributed by atoms with E-state index >= 15 is 0 Å². The van der Waals surface area contributed by atoms with Crippen LogP contribution in [0.25, 0.3) is 11.5 Å². The number of fused-ring (bicyclic) bond motifs is 2. The van der Waals surface area contributed by atoms with Crippen molar-refractivity contribution in [2.24, 2.45) is 11.8 Å². The molecule has 2 amide bonds. The Morgan fingerprint density at radius 2 is 2.30 bits per heavy atom. The lowest BCUT2D eigenvalue weighted by Crippen LogP contribution is -2.44. The van der Waals surface area contributed by atoms with Crippen LogP contribution in [-0.2, 0) is 6.54 Å². The second-order valence-electron chi connectivity index (χ2n) is 6.52. The molecule has 0 spiro atoms. The highest BCUT2D eigenvalue weighted by molar-refractivity contribution is 5.74. The van der Waals surface area contributed by atoms with E-state index in [9.17, 15) is 4.79 Å². The van der Waals surface area contributed by atoms with E-state index in [1.807, 2.05) is 12.1 Å². The predicted octanol–water partition coefficient (Wildman–Crippen LogP) is 2.72. The molecular formula is C17H20N4O2. The van der Waals surface area contributed by atoms with Gasteiger partial charge >= 0.3 is 6.03 Å². The summed E-state index contributed by atoms with van der Waals surface area (Å²) in [7, 11) is 0. The number of pyridine rings is 1. The highest BCUT2D eigenvalue weighted by Gasteiger charge is 2.40. The van der Waals surface area contributed by atoms with Crippen molar-refractivity contribution >= 4 is 6.03 Å². The van der Waals surface area contributed by atoms with Gasteiger partial charge in [-0.3, -0.25) is 4.98 Å². The summed E-state index contributed by atoms with van der Waals surface area (Å²) in [5, 5.41) is 6.06. The Labute approximate surface area is 134 Å². The van der Waals surface area contributed by atoms with Crippen molar-refractivity contribution in [1.82, 2.24) is 20.6 Å². The van der Waals surface area contributed by atoms with Gasteiger partial charge < -0.3 is 15.1 Å². The number of rotatable bonds is 4. The van der Waals surface area contributed by atoms with E-state index < -0.39 is 0 Å². The molecule has 3 atom stereocenters. The Bertz CT molecular complexity index is 686. The monoisotopic (exact) mass is 312 g/mol. The van der Waals surface area contributed by atoms with Gasteiger partial charge in [0.05, 0.1) is 6.20 Å². The summed E-state index contributed by atoms with van der Waals surface area (Å²) >= 11 is 0. The van der Waals surface area contributed by atoms with Crippen LogP contribution in [0.5, 0.6) is 0 Å². The van der Waals surface area contributed by atoms with Gasteiger partial charge in [0, 0.05) is 18.8 Å². The molecule has 2 aliphatic carbocycles. The number of oxazole rings is 1. The molecule has 120 valence electrons. The number of carbonyl (C=O) groups excluding carboxylic acids is 1. The topological polar surface area (TPSA) is 80.1 Å². The van der Waals surface area contributed by atoms with E-state index in [0.717, 1.165) is 23.6 Å². The normalized spacial score (nSPS) is 25.5. The van der Waals surface area contributed by atoms with Gasteiger partial charge in [-0.1, -0.05) is 6.42 Å². The SMILES string of the molecule is O=C(NCc1ccnc(-c2cnco2)c1)N[C@@H]1C[C@H]2CC[C@@H]1C2. The maximum atomic E-state index is 12.1. The molecule has 6 nitrogen and oxygen atoms in total. The Hall–Kier alpha value is -2.37. The molecule has 2 aromatic rings. The molecule has 2 bridgehead atoms. The molecule has 0 aromatic carbocycles. The van der Waals surface area contributed by atoms with E-state index in [1.54, 1.807) is 12.4 Å². The van der Waals surface area contributed by atoms with Gasteiger partial charge in [-0.25, -0.2) is 9.78 Å². The fourth-order valence-corrected chi connectivity index (χ4v) is 3.88. The molecule has 0 saturated heterocycles. The number of nitrogens with zero attached hydrogens (tertiary/aromatic N) is 2. The van der Waals surface area contributed by atoms with Crippen LogP contribution >= 0.6 is 0 Å². The van der Waals surface area contributed by atoms with E-state index in [-0.39, 0.29) is 6.03 Å². The van der Waals surface area contributed by atoms with Gasteiger partial charge in [-0.05, 0) is 48.8 Å². The molecule has 6 heteroatoms. The van der Waals surface area contributed by atoms with Gasteiger partial charge in [0.2, 0.25) is 0 Å². The molecule has 2 heterocycles. The molecule has 4 rings (SSSR count). The zero-order valence-corrected chi connectivity index (χ0v) is 12.9. The minimum Gasteiger partial charge on any atom is -0.442 e. The lowest BCUT2D eigenvalue weighted by atomic mass is 9.95. The first-order chi connectivity index (χ1) is 11.3. The van der Waals surface area contributed by atoms with Crippen LogP contribution in [0.4, 0.5) is 4.79 Å². The van der Waals surface area contributed by atoms with E-state index in [4.69, 9.17) is 4.42 Å². The van der Waals surface area contributed by atoms with Crippen molar-refractivity contribution in [2.75, 3.05) is 0 Å². The molecule has 2 saturated carbocycles. The number of aromatic nitrogens is 2. The fourth-order valence-electron chi connectivity index (χ4n) is 3.88. The van der Waals surface area contributed by atoms with E-state index in [1.165, 1.54) is 25.7 Å². The molecule has 23 heavy (non-hydrogen) atoms.